The van der Waals surface area contributed by atoms with Gasteiger partial charge in [0.05, 0.1) is 15.9 Å². The lowest BCUT2D eigenvalue weighted by Gasteiger charge is -2.28. The molecule has 0 bridgehead atoms. The zero-order valence-corrected chi connectivity index (χ0v) is 20.6. The van der Waals surface area contributed by atoms with Crippen LogP contribution >= 0.6 is 0 Å². The SMILES string of the molecule is Cc1ccc(CN(C2CCCC2)S(=O)(=O)c2ccc(S(=O)(=O)NC[C@@H]3CCCO3)cc2)cc1. The summed E-state index contributed by atoms with van der Waals surface area (Å²) < 4.78 is 62.1. The molecule has 1 aliphatic carbocycles. The molecule has 180 valence electrons. The molecule has 1 aliphatic heterocycles. The van der Waals surface area contributed by atoms with E-state index in [4.69, 9.17) is 4.74 Å². The van der Waals surface area contributed by atoms with E-state index in [0.29, 0.717) is 13.2 Å². The Morgan fingerprint density at radius 3 is 2.12 bits per heavy atom. The molecule has 1 N–H and O–H groups in total. The molecule has 1 saturated carbocycles. The van der Waals surface area contributed by atoms with Gasteiger partial charge in [-0.25, -0.2) is 21.6 Å². The van der Waals surface area contributed by atoms with Crippen LogP contribution in [0.1, 0.15) is 49.7 Å². The van der Waals surface area contributed by atoms with Crippen molar-refractivity contribution in [1.82, 2.24) is 9.03 Å². The van der Waals surface area contributed by atoms with Crippen molar-refractivity contribution in [3.05, 3.63) is 59.7 Å². The molecular weight excluding hydrogens is 460 g/mol. The molecule has 2 fully saturated rings. The van der Waals surface area contributed by atoms with Gasteiger partial charge in [-0.15, -0.1) is 0 Å². The summed E-state index contributed by atoms with van der Waals surface area (Å²) in [5, 5.41) is 0. The summed E-state index contributed by atoms with van der Waals surface area (Å²) in [6, 6.07) is 13.4. The summed E-state index contributed by atoms with van der Waals surface area (Å²) in [5.74, 6) is 0. The summed E-state index contributed by atoms with van der Waals surface area (Å²) in [5.41, 5.74) is 2.06. The predicted molar refractivity (Wildman–Crippen MR) is 127 cm³/mol. The Hall–Kier alpha value is -1.78. The maximum atomic E-state index is 13.6. The topological polar surface area (TPSA) is 92.8 Å². The van der Waals surface area contributed by atoms with Gasteiger partial charge < -0.3 is 4.74 Å². The quantitative estimate of drug-likeness (QED) is 0.578. The highest BCUT2D eigenvalue weighted by Crippen LogP contribution is 2.31. The van der Waals surface area contributed by atoms with Gasteiger partial charge in [0.15, 0.2) is 0 Å². The molecule has 1 atom stereocenters. The highest BCUT2D eigenvalue weighted by molar-refractivity contribution is 7.89. The number of nitrogens with zero attached hydrogens (tertiary/aromatic N) is 1. The number of rotatable bonds is 9. The Kier molecular flexibility index (Phi) is 7.55. The van der Waals surface area contributed by atoms with E-state index in [9.17, 15) is 16.8 Å². The fourth-order valence-electron chi connectivity index (χ4n) is 4.49. The van der Waals surface area contributed by atoms with E-state index < -0.39 is 20.0 Å². The molecule has 9 heteroatoms. The van der Waals surface area contributed by atoms with E-state index in [1.54, 1.807) is 4.31 Å². The highest BCUT2D eigenvalue weighted by atomic mass is 32.2. The minimum Gasteiger partial charge on any atom is -0.377 e. The van der Waals surface area contributed by atoms with Crippen LogP contribution in [-0.4, -0.2) is 46.4 Å². The molecule has 2 aromatic rings. The molecule has 4 rings (SSSR count). The summed E-state index contributed by atoms with van der Waals surface area (Å²) in [7, 11) is -7.52. The second-order valence-corrected chi connectivity index (χ2v) is 12.6. The zero-order valence-electron chi connectivity index (χ0n) is 18.9. The van der Waals surface area contributed by atoms with E-state index >= 15 is 0 Å². The van der Waals surface area contributed by atoms with Crippen LogP contribution in [0.25, 0.3) is 0 Å². The van der Waals surface area contributed by atoms with E-state index in [1.165, 1.54) is 24.3 Å². The third kappa shape index (κ3) is 5.84. The van der Waals surface area contributed by atoms with Crippen molar-refractivity contribution in [2.75, 3.05) is 13.2 Å². The average Bonchev–Trinajstić information content (AvgIpc) is 3.52. The normalized spacial score (nSPS) is 20.0. The van der Waals surface area contributed by atoms with E-state index in [2.05, 4.69) is 4.72 Å². The standard InChI is InChI=1S/C24H32N2O5S2/c1-19-8-10-20(11-9-19)18-26(21-5-2-3-6-21)33(29,30)24-14-12-23(13-15-24)32(27,28)25-17-22-7-4-16-31-22/h8-15,21-22,25H,2-7,16-18H2,1H3/t22-/m0/s1. The number of benzene rings is 2. The number of sulfonamides is 2. The molecule has 2 aromatic carbocycles. The first kappa shape index (κ1) is 24.3. The summed E-state index contributed by atoms with van der Waals surface area (Å²) in [6.45, 7) is 3.17. The largest absolute Gasteiger partial charge is 0.377 e. The predicted octanol–water partition coefficient (Wildman–Crippen LogP) is 3.59. The van der Waals surface area contributed by atoms with Gasteiger partial charge in [0.25, 0.3) is 0 Å². The summed E-state index contributed by atoms with van der Waals surface area (Å²) >= 11 is 0. The number of hydrogen-bond acceptors (Lipinski definition) is 5. The van der Waals surface area contributed by atoms with Crippen LogP contribution in [-0.2, 0) is 31.3 Å². The first-order valence-corrected chi connectivity index (χ1v) is 14.5. The van der Waals surface area contributed by atoms with Crippen molar-refractivity contribution in [2.24, 2.45) is 0 Å². The number of nitrogens with one attached hydrogen (secondary N) is 1. The fourth-order valence-corrected chi connectivity index (χ4v) is 7.23. The minimum absolute atomic E-state index is 0.0467. The van der Waals surface area contributed by atoms with Gasteiger partial charge in [-0.05, 0) is 62.4 Å². The maximum absolute atomic E-state index is 13.6. The first-order chi connectivity index (χ1) is 15.8. The van der Waals surface area contributed by atoms with Gasteiger partial charge in [0, 0.05) is 25.7 Å². The van der Waals surface area contributed by atoms with Crippen molar-refractivity contribution >= 4 is 20.0 Å². The Morgan fingerprint density at radius 2 is 1.52 bits per heavy atom. The van der Waals surface area contributed by atoms with Crippen molar-refractivity contribution in [2.45, 2.75) is 73.9 Å². The molecule has 1 saturated heterocycles. The molecule has 0 amide bonds. The Labute approximate surface area is 197 Å². The molecule has 7 nitrogen and oxygen atoms in total. The Bertz CT molecular complexity index is 1130. The van der Waals surface area contributed by atoms with Crippen molar-refractivity contribution in [3.8, 4) is 0 Å². The van der Waals surface area contributed by atoms with Gasteiger partial charge in [0.1, 0.15) is 0 Å². The summed E-state index contributed by atoms with van der Waals surface area (Å²) in [6.07, 6.45) is 5.35. The van der Waals surface area contributed by atoms with Crippen LogP contribution in [0.15, 0.2) is 58.3 Å². The lowest BCUT2D eigenvalue weighted by atomic mass is 10.1. The second-order valence-electron chi connectivity index (χ2n) is 8.93. The van der Waals surface area contributed by atoms with Crippen LogP contribution in [0, 0.1) is 6.92 Å². The smallest absolute Gasteiger partial charge is 0.243 e. The van der Waals surface area contributed by atoms with Crippen LogP contribution in [0.4, 0.5) is 0 Å². The van der Waals surface area contributed by atoms with Crippen LogP contribution in [0.5, 0.6) is 0 Å². The van der Waals surface area contributed by atoms with Gasteiger partial charge in [-0.1, -0.05) is 42.7 Å². The van der Waals surface area contributed by atoms with Crippen LogP contribution in [0.3, 0.4) is 0 Å². The Balaban J connectivity index is 1.53. The minimum atomic E-state index is -3.78. The zero-order chi connectivity index (χ0) is 23.5. The number of aryl methyl sites for hydroxylation is 1. The Morgan fingerprint density at radius 1 is 0.879 bits per heavy atom. The number of hydrogen-bond donors (Lipinski definition) is 1. The monoisotopic (exact) mass is 492 g/mol. The molecule has 1 heterocycles. The van der Waals surface area contributed by atoms with Crippen LogP contribution < -0.4 is 4.72 Å². The average molecular weight is 493 g/mol. The van der Waals surface area contributed by atoms with Gasteiger partial charge in [-0.3, -0.25) is 0 Å². The molecule has 0 spiro atoms. The van der Waals surface area contributed by atoms with Crippen molar-refractivity contribution in [3.63, 3.8) is 0 Å². The maximum Gasteiger partial charge on any atom is 0.243 e. The molecular formula is C24H32N2O5S2. The number of ether oxygens (including phenoxy) is 1. The third-order valence-corrected chi connectivity index (χ3v) is 9.81. The molecule has 2 aliphatic rings. The summed E-state index contributed by atoms with van der Waals surface area (Å²) in [4.78, 5) is 0.157. The van der Waals surface area contributed by atoms with E-state index in [1.807, 2.05) is 31.2 Å². The highest BCUT2D eigenvalue weighted by Gasteiger charge is 2.33. The fraction of sp³-hybridized carbons (Fsp3) is 0.500. The van der Waals surface area contributed by atoms with Crippen LogP contribution in [0.2, 0.25) is 0 Å². The molecule has 33 heavy (non-hydrogen) atoms. The van der Waals surface area contributed by atoms with E-state index in [-0.39, 0.29) is 28.5 Å². The van der Waals surface area contributed by atoms with E-state index in [0.717, 1.165) is 49.7 Å². The molecule has 0 radical (unpaired) electrons. The molecule has 0 aromatic heterocycles. The van der Waals surface area contributed by atoms with Crippen molar-refractivity contribution < 1.29 is 21.6 Å². The van der Waals surface area contributed by atoms with Gasteiger partial charge in [0.2, 0.25) is 20.0 Å². The molecule has 0 unspecified atom stereocenters. The lowest BCUT2D eigenvalue weighted by molar-refractivity contribution is 0.114. The van der Waals surface area contributed by atoms with Gasteiger partial charge in [-0.2, -0.15) is 4.31 Å². The van der Waals surface area contributed by atoms with Gasteiger partial charge >= 0.3 is 0 Å². The van der Waals surface area contributed by atoms with Crippen molar-refractivity contribution in [1.29, 1.82) is 0 Å². The third-order valence-electron chi connectivity index (χ3n) is 6.46. The lowest BCUT2D eigenvalue weighted by Crippen LogP contribution is -2.38. The second kappa shape index (κ2) is 10.2. The first-order valence-electron chi connectivity index (χ1n) is 11.5.